The van der Waals surface area contributed by atoms with Crippen molar-refractivity contribution >= 4 is 11.9 Å². The van der Waals surface area contributed by atoms with E-state index in [9.17, 15) is 9.59 Å². The Morgan fingerprint density at radius 2 is 1.71 bits per heavy atom. The molecule has 2 fully saturated rings. The van der Waals surface area contributed by atoms with E-state index in [0.717, 1.165) is 57.1 Å². The van der Waals surface area contributed by atoms with Crippen LogP contribution >= 0.6 is 0 Å². The molecule has 4 bridgehead atoms. The van der Waals surface area contributed by atoms with E-state index in [0.29, 0.717) is 18.8 Å². The van der Waals surface area contributed by atoms with Gasteiger partial charge in [-0.2, -0.15) is 0 Å². The van der Waals surface area contributed by atoms with Crippen molar-refractivity contribution in [3.63, 3.8) is 0 Å². The van der Waals surface area contributed by atoms with Crippen molar-refractivity contribution in [2.45, 2.75) is 115 Å². The van der Waals surface area contributed by atoms with Gasteiger partial charge in [-0.05, 0) is 90.4 Å². The lowest BCUT2D eigenvalue weighted by Gasteiger charge is -2.37. The number of rotatable bonds is 8. The Hall–Kier alpha value is -2.22. The summed E-state index contributed by atoms with van der Waals surface area (Å²) in [4.78, 5) is 27.4. The monoisotopic (exact) mass is 571 g/mol. The fraction of sp³-hybridized carbons (Fsp3) is 0.706. The first-order chi connectivity index (χ1) is 19.7. The van der Waals surface area contributed by atoms with Gasteiger partial charge in [-0.15, -0.1) is 0 Å². The van der Waals surface area contributed by atoms with Crippen LogP contribution in [0.2, 0.25) is 0 Å². The number of ether oxygens (including phenoxy) is 4. The molecular weight excluding hydrogens is 518 g/mol. The fourth-order valence-corrected chi connectivity index (χ4v) is 5.97. The van der Waals surface area contributed by atoms with Crippen molar-refractivity contribution in [2.24, 2.45) is 11.8 Å². The normalized spacial score (nSPS) is 33.8. The summed E-state index contributed by atoms with van der Waals surface area (Å²) in [6.07, 6.45) is 23.3. The Bertz CT molecular complexity index is 937. The summed E-state index contributed by atoms with van der Waals surface area (Å²) >= 11 is 0. The molecule has 3 aliphatic heterocycles. The minimum atomic E-state index is -0.378. The van der Waals surface area contributed by atoms with E-state index in [4.69, 9.17) is 18.9 Å². The largest absolute Gasteiger partial charge is 0.466 e. The Labute approximate surface area is 248 Å². The number of fused-ring (bicyclic) bond motifs is 4. The SMILES string of the molecule is COC(=O)/C=C1\C[C@H]2CC(=O)O[C@@H](/C=C/C=C\CCCCN(C)C)[C@@H](C)/C=C/[C@H](C)CC3CCC[C@@H](C[C@@H](C1)O2)O3. The molecule has 0 radical (unpaired) electrons. The zero-order chi connectivity index (χ0) is 29.6. The van der Waals surface area contributed by atoms with Crippen LogP contribution < -0.4 is 0 Å². The summed E-state index contributed by atoms with van der Waals surface area (Å²) in [5, 5.41) is 0. The van der Waals surface area contributed by atoms with Gasteiger partial charge in [-0.1, -0.05) is 49.8 Å². The molecule has 0 aromatic heterocycles. The lowest BCUT2D eigenvalue weighted by molar-refractivity contribution is -0.154. The number of carbonyl (C=O) groups excluding carboxylic acids is 2. The molecule has 0 aliphatic carbocycles. The van der Waals surface area contributed by atoms with Crippen LogP contribution in [0.15, 0.2) is 48.1 Å². The highest BCUT2D eigenvalue weighted by Gasteiger charge is 2.33. The molecule has 7 heteroatoms. The van der Waals surface area contributed by atoms with E-state index in [1.165, 1.54) is 13.5 Å². The van der Waals surface area contributed by atoms with Gasteiger partial charge in [0.25, 0.3) is 0 Å². The van der Waals surface area contributed by atoms with E-state index >= 15 is 0 Å². The molecule has 1 unspecified atom stereocenters. The van der Waals surface area contributed by atoms with Crippen molar-refractivity contribution in [3.8, 4) is 0 Å². The molecule has 0 spiro atoms. The number of nitrogens with zero attached hydrogens (tertiary/aromatic N) is 1. The maximum absolute atomic E-state index is 13.2. The number of carbonyl (C=O) groups is 2. The van der Waals surface area contributed by atoms with Gasteiger partial charge >= 0.3 is 11.9 Å². The fourth-order valence-electron chi connectivity index (χ4n) is 5.97. The number of hydrogen-bond acceptors (Lipinski definition) is 7. The van der Waals surface area contributed by atoms with Crippen molar-refractivity contribution in [3.05, 3.63) is 48.1 Å². The summed E-state index contributed by atoms with van der Waals surface area (Å²) in [5.74, 6) is -0.274. The first kappa shape index (κ1) is 33.3. The third kappa shape index (κ3) is 12.7. The molecule has 0 aromatic carbocycles. The molecule has 3 heterocycles. The van der Waals surface area contributed by atoms with Crippen molar-refractivity contribution < 1.29 is 28.5 Å². The molecule has 3 aliphatic rings. The molecule has 7 nitrogen and oxygen atoms in total. The van der Waals surface area contributed by atoms with Crippen LogP contribution in [0.1, 0.15) is 84.5 Å². The molecule has 41 heavy (non-hydrogen) atoms. The van der Waals surface area contributed by atoms with Crippen LogP contribution in [0.4, 0.5) is 0 Å². The zero-order valence-electron chi connectivity index (χ0n) is 26.0. The third-order valence-electron chi connectivity index (χ3n) is 8.18. The van der Waals surface area contributed by atoms with Gasteiger partial charge in [-0.3, -0.25) is 4.79 Å². The van der Waals surface area contributed by atoms with Crippen LogP contribution in [0.25, 0.3) is 0 Å². The van der Waals surface area contributed by atoms with Crippen molar-refractivity contribution in [1.82, 2.24) is 4.90 Å². The van der Waals surface area contributed by atoms with E-state index in [2.05, 4.69) is 57.1 Å². The standard InChI is InChI=1S/C34H53NO6/c1-25-16-17-26(2)32(15-10-8-6-7-9-11-18-35(3)4)41-34(37)24-31-21-27(22-33(36)38-5)20-30(40-31)23-29-14-12-13-28(19-25)39-29/h6,8,10,15-17,22,25-26,28-32H,7,9,11-14,18-21,23-24H2,1-5H3/b8-6-,15-10+,17-16+,27-22-/t25-,26-,28?,29-,30+,31-,32-/m0/s1. The van der Waals surface area contributed by atoms with E-state index < -0.39 is 0 Å². The summed E-state index contributed by atoms with van der Waals surface area (Å²) < 4.78 is 23.9. The lowest BCUT2D eigenvalue weighted by Crippen LogP contribution is -2.37. The van der Waals surface area contributed by atoms with Gasteiger partial charge in [-0.25, -0.2) is 4.79 Å². The highest BCUT2D eigenvalue weighted by Crippen LogP contribution is 2.33. The maximum Gasteiger partial charge on any atom is 0.330 e. The number of hydrogen-bond donors (Lipinski definition) is 0. The highest BCUT2D eigenvalue weighted by atomic mass is 16.6. The third-order valence-corrected chi connectivity index (χ3v) is 8.18. The Morgan fingerprint density at radius 3 is 2.46 bits per heavy atom. The predicted octanol–water partition coefficient (Wildman–Crippen LogP) is 6.34. The van der Waals surface area contributed by atoms with Crippen LogP contribution in [-0.2, 0) is 28.5 Å². The average molecular weight is 572 g/mol. The second-order valence-corrected chi connectivity index (χ2v) is 12.4. The van der Waals surface area contributed by atoms with Gasteiger partial charge in [0, 0.05) is 18.4 Å². The average Bonchev–Trinajstić information content (AvgIpc) is 2.91. The van der Waals surface area contributed by atoms with Gasteiger partial charge in [0.15, 0.2) is 0 Å². The summed E-state index contributed by atoms with van der Waals surface area (Å²) in [5.41, 5.74) is 0.955. The van der Waals surface area contributed by atoms with Crippen LogP contribution in [0.3, 0.4) is 0 Å². The molecule has 0 N–H and O–H groups in total. The van der Waals surface area contributed by atoms with Gasteiger partial charge < -0.3 is 23.8 Å². The molecule has 230 valence electrons. The van der Waals surface area contributed by atoms with Crippen molar-refractivity contribution in [2.75, 3.05) is 27.7 Å². The maximum atomic E-state index is 13.2. The number of methoxy groups -OCH3 is 1. The van der Waals surface area contributed by atoms with Gasteiger partial charge in [0.1, 0.15) is 6.10 Å². The number of unbranched alkanes of at least 4 members (excludes halogenated alkanes) is 2. The second-order valence-electron chi connectivity index (χ2n) is 12.4. The van der Waals surface area contributed by atoms with E-state index in [1.807, 2.05) is 12.2 Å². The molecule has 0 aromatic rings. The molecular formula is C34H53NO6. The zero-order valence-corrected chi connectivity index (χ0v) is 26.0. The van der Waals surface area contributed by atoms with E-state index in [1.54, 1.807) is 6.08 Å². The molecule has 2 saturated heterocycles. The summed E-state index contributed by atoms with van der Waals surface area (Å²) in [7, 11) is 5.58. The second kappa shape index (κ2) is 17.7. The number of esters is 2. The first-order valence-electron chi connectivity index (χ1n) is 15.7. The Kier molecular flexibility index (Phi) is 14.3. The number of allylic oxidation sites excluding steroid dienone is 4. The van der Waals surface area contributed by atoms with Crippen LogP contribution in [-0.4, -0.2) is 75.1 Å². The predicted molar refractivity (Wildman–Crippen MR) is 162 cm³/mol. The molecule has 7 atom stereocenters. The smallest absolute Gasteiger partial charge is 0.330 e. The highest BCUT2D eigenvalue weighted by molar-refractivity contribution is 5.82. The first-order valence-corrected chi connectivity index (χ1v) is 15.7. The van der Waals surface area contributed by atoms with E-state index in [-0.39, 0.29) is 54.8 Å². The molecule has 0 saturated carbocycles. The minimum absolute atomic E-state index is 0.0221. The topological polar surface area (TPSA) is 74.3 Å². The summed E-state index contributed by atoms with van der Waals surface area (Å²) in [6, 6.07) is 0. The Morgan fingerprint density at radius 1 is 0.976 bits per heavy atom. The van der Waals surface area contributed by atoms with Crippen LogP contribution in [0, 0.1) is 11.8 Å². The van der Waals surface area contributed by atoms with Crippen molar-refractivity contribution in [1.29, 1.82) is 0 Å². The number of cyclic esters (lactones) is 1. The molecule has 3 rings (SSSR count). The van der Waals surface area contributed by atoms with Gasteiger partial charge in [0.05, 0.1) is 37.9 Å². The molecule has 0 amide bonds. The minimum Gasteiger partial charge on any atom is -0.466 e. The lowest BCUT2D eigenvalue weighted by atomic mass is 9.89. The van der Waals surface area contributed by atoms with Crippen LogP contribution in [0.5, 0.6) is 0 Å². The van der Waals surface area contributed by atoms with Gasteiger partial charge in [0.2, 0.25) is 0 Å². The Balaban J connectivity index is 1.74. The quantitative estimate of drug-likeness (QED) is 0.111. The summed E-state index contributed by atoms with van der Waals surface area (Å²) in [6.45, 7) is 5.42.